The van der Waals surface area contributed by atoms with E-state index < -0.39 is 0 Å². The fourth-order valence-corrected chi connectivity index (χ4v) is 2.84. The number of nitrogens with zero attached hydrogens (tertiary/aromatic N) is 2. The second-order valence-electron chi connectivity index (χ2n) is 5.07. The summed E-state index contributed by atoms with van der Waals surface area (Å²) in [4.78, 5) is 4.24. The van der Waals surface area contributed by atoms with Crippen molar-refractivity contribution in [2.75, 3.05) is 7.05 Å². The quantitative estimate of drug-likeness (QED) is 0.880. The summed E-state index contributed by atoms with van der Waals surface area (Å²) in [5, 5.41) is 3.17. The van der Waals surface area contributed by atoms with Gasteiger partial charge in [-0.1, -0.05) is 12.1 Å². The standard InChI is InChI=1S/C15H18BrN3O/c1-17-7-11-3-2-4-14(16)15(11)20-9-13-8-18-10-19(13)12-5-6-12/h2-4,8,10,12,17H,5-7,9H2,1H3. The Kier molecular flexibility index (Phi) is 4.08. The van der Waals surface area contributed by atoms with Crippen molar-refractivity contribution in [1.82, 2.24) is 14.9 Å². The van der Waals surface area contributed by atoms with Crippen molar-refractivity contribution in [3.63, 3.8) is 0 Å². The topological polar surface area (TPSA) is 39.1 Å². The molecule has 0 unspecified atom stereocenters. The molecule has 106 valence electrons. The van der Waals surface area contributed by atoms with Crippen LogP contribution >= 0.6 is 15.9 Å². The van der Waals surface area contributed by atoms with Gasteiger partial charge in [0.15, 0.2) is 0 Å². The largest absolute Gasteiger partial charge is 0.486 e. The average Bonchev–Trinajstić information content (AvgIpc) is 3.18. The molecule has 0 amide bonds. The molecule has 1 aliphatic rings. The molecule has 1 aromatic carbocycles. The second-order valence-corrected chi connectivity index (χ2v) is 5.92. The highest BCUT2D eigenvalue weighted by Gasteiger charge is 2.25. The molecule has 1 fully saturated rings. The molecule has 4 nitrogen and oxygen atoms in total. The summed E-state index contributed by atoms with van der Waals surface area (Å²) in [5.74, 6) is 0.908. The van der Waals surface area contributed by atoms with Crippen molar-refractivity contribution < 1.29 is 4.74 Å². The minimum absolute atomic E-state index is 0.551. The van der Waals surface area contributed by atoms with Crippen LogP contribution in [0.1, 0.15) is 30.1 Å². The summed E-state index contributed by atoms with van der Waals surface area (Å²) in [6, 6.07) is 6.74. The van der Waals surface area contributed by atoms with Crippen LogP contribution in [-0.2, 0) is 13.2 Å². The van der Waals surface area contributed by atoms with Crippen molar-refractivity contribution in [2.24, 2.45) is 0 Å². The molecule has 1 aromatic heterocycles. The SMILES string of the molecule is CNCc1cccc(Br)c1OCc1cncn1C1CC1. The first kappa shape index (κ1) is 13.6. The van der Waals surface area contributed by atoms with Gasteiger partial charge >= 0.3 is 0 Å². The van der Waals surface area contributed by atoms with Crippen LogP contribution in [0.15, 0.2) is 35.2 Å². The Morgan fingerprint density at radius 1 is 1.45 bits per heavy atom. The minimum Gasteiger partial charge on any atom is -0.486 e. The van der Waals surface area contributed by atoms with Crippen molar-refractivity contribution in [3.05, 3.63) is 46.5 Å². The molecule has 0 radical (unpaired) electrons. The zero-order valence-corrected chi connectivity index (χ0v) is 13.1. The van der Waals surface area contributed by atoms with E-state index in [-0.39, 0.29) is 0 Å². The Labute approximate surface area is 127 Å². The average molecular weight is 336 g/mol. The minimum atomic E-state index is 0.551. The van der Waals surface area contributed by atoms with E-state index in [2.05, 4.69) is 36.9 Å². The highest BCUT2D eigenvalue weighted by Crippen LogP contribution is 2.36. The van der Waals surface area contributed by atoms with Gasteiger partial charge in [-0.3, -0.25) is 0 Å². The third-order valence-corrected chi connectivity index (χ3v) is 4.09. The fourth-order valence-electron chi connectivity index (χ4n) is 2.32. The first-order valence-electron chi connectivity index (χ1n) is 6.85. The lowest BCUT2D eigenvalue weighted by Crippen LogP contribution is -2.09. The smallest absolute Gasteiger partial charge is 0.138 e. The number of halogens is 1. The van der Waals surface area contributed by atoms with Gasteiger partial charge in [0.1, 0.15) is 12.4 Å². The number of nitrogens with one attached hydrogen (secondary N) is 1. The maximum atomic E-state index is 6.04. The molecule has 1 aliphatic carbocycles. The van der Waals surface area contributed by atoms with Crippen LogP contribution in [0, 0.1) is 0 Å². The van der Waals surface area contributed by atoms with E-state index in [1.807, 2.05) is 31.7 Å². The maximum absolute atomic E-state index is 6.04. The van der Waals surface area contributed by atoms with E-state index >= 15 is 0 Å². The number of hydrogen-bond donors (Lipinski definition) is 1. The highest BCUT2D eigenvalue weighted by molar-refractivity contribution is 9.10. The summed E-state index contributed by atoms with van der Waals surface area (Å²) >= 11 is 3.57. The number of hydrogen-bond acceptors (Lipinski definition) is 3. The van der Waals surface area contributed by atoms with E-state index in [1.54, 1.807) is 0 Å². The van der Waals surface area contributed by atoms with Crippen LogP contribution in [-0.4, -0.2) is 16.6 Å². The van der Waals surface area contributed by atoms with Crippen LogP contribution in [0.4, 0.5) is 0 Å². The van der Waals surface area contributed by atoms with E-state index in [0.717, 1.165) is 28.0 Å². The molecular weight excluding hydrogens is 318 g/mol. The summed E-state index contributed by atoms with van der Waals surface area (Å²) in [6.45, 7) is 1.34. The molecule has 20 heavy (non-hydrogen) atoms. The normalized spacial score (nSPS) is 14.5. The van der Waals surface area contributed by atoms with Gasteiger partial charge in [-0.25, -0.2) is 4.98 Å². The molecule has 0 aliphatic heterocycles. The lowest BCUT2D eigenvalue weighted by atomic mass is 10.2. The number of imidazole rings is 1. The van der Waals surface area contributed by atoms with Crippen molar-refractivity contribution >= 4 is 15.9 Å². The highest BCUT2D eigenvalue weighted by atomic mass is 79.9. The number of ether oxygens (including phenoxy) is 1. The molecule has 1 N–H and O–H groups in total. The van der Waals surface area contributed by atoms with Gasteiger partial charge in [-0.15, -0.1) is 0 Å². The van der Waals surface area contributed by atoms with Crippen LogP contribution < -0.4 is 10.1 Å². The van der Waals surface area contributed by atoms with E-state index in [1.165, 1.54) is 12.8 Å². The predicted octanol–water partition coefficient (Wildman–Crippen LogP) is 3.28. The zero-order chi connectivity index (χ0) is 13.9. The number of aromatic nitrogens is 2. The van der Waals surface area contributed by atoms with Crippen LogP contribution in [0.5, 0.6) is 5.75 Å². The predicted molar refractivity (Wildman–Crippen MR) is 81.7 cm³/mol. The second kappa shape index (κ2) is 5.97. The number of rotatable bonds is 6. The Morgan fingerprint density at radius 3 is 3.05 bits per heavy atom. The van der Waals surface area contributed by atoms with Gasteiger partial charge < -0.3 is 14.6 Å². The van der Waals surface area contributed by atoms with E-state index in [4.69, 9.17) is 4.74 Å². The van der Waals surface area contributed by atoms with Gasteiger partial charge in [0.05, 0.1) is 22.7 Å². The van der Waals surface area contributed by atoms with Crippen LogP contribution in [0.2, 0.25) is 0 Å². The molecule has 1 heterocycles. The fraction of sp³-hybridized carbons (Fsp3) is 0.400. The first-order chi connectivity index (χ1) is 9.79. The monoisotopic (exact) mass is 335 g/mol. The Balaban J connectivity index is 1.76. The van der Waals surface area contributed by atoms with Gasteiger partial charge in [0.2, 0.25) is 0 Å². The summed E-state index contributed by atoms with van der Waals surface area (Å²) in [7, 11) is 1.94. The van der Waals surface area contributed by atoms with E-state index in [0.29, 0.717) is 12.6 Å². The molecule has 0 spiro atoms. The molecule has 3 rings (SSSR count). The van der Waals surface area contributed by atoms with Gasteiger partial charge in [-0.05, 0) is 41.9 Å². The maximum Gasteiger partial charge on any atom is 0.138 e. The number of para-hydroxylation sites is 1. The Morgan fingerprint density at radius 2 is 2.30 bits per heavy atom. The molecule has 0 atom stereocenters. The van der Waals surface area contributed by atoms with Gasteiger partial charge in [0, 0.05) is 18.2 Å². The Bertz CT molecular complexity index is 593. The van der Waals surface area contributed by atoms with Crippen LogP contribution in [0.3, 0.4) is 0 Å². The van der Waals surface area contributed by atoms with Gasteiger partial charge in [-0.2, -0.15) is 0 Å². The van der Waals surface area contributed by atoms with Crippen LogP contribution in [0.25, 0.3) is 0 Å². The summed E-state index contributed by atoms with van der Waals surface area (Å²) in [6.07, 6.45) is 6.31. The molecule has 5 heteroatoms. The zero-order valence-electron chi connectivity index (χ0n) is 11.5. The molecule has 2 aromatic rings. The third kappa shape index (κ3) is 2.88. The summed E-state index contributed by atoms with van der Waals surface area (Å²) < 4.78 is 9.26. The lowest BCUT2D eigenvalue weighted by molar-refractivity contribution is 0.289. The van der Waals surface area contributed by atoms with Crippen molar-refractivity contribution in [3.8, 4) is 5.75 Å². The van der Waals surface area contributed by atoms with Crippen molar-refractivity contribution in [1.29, 1.82) is 0 Å². The summed E-state index contributed by atoms with van der Waals surface area (Å²) in [5.41, 5.74) is 2.29. The Hall–Kier alpha value is -1.33. The molecular formula is C15H18BrN3O. The van der Waals surface area contributed by atoms with Crippen molar-refractivity contribution in [2.45, 2.75) is 32.0 Å². The molecule has 1 saturated carbocycles. The molecule has 0 saturated heterocycles. The lowest BCUT2D eigenvalue weighted by Gasteiger charge is -2.14. The molecule has 0 bridgehead atoms. The van der Waals surface area contributed by atoms with E-state index in [9.17, 15) is 0 Å². The number of benzene rings is 1. The first-order valence-corrected chi connectivity index (χ1v) is 7.64. The van der Waals surface area contributed by atoms with Gasteiger partial charge in [0.25, 0.3) is 0 Å². The third-order valence-electron chi connectivity index (χ3n) is 3.47.